The van der Waals surface area contributed by atoms with Crippen molar-refractivity contribution in [1.82, 2.24) is 5.01 Å². The third kappa shape index (κ3) is 2.88. The number of amides is 1. The van der Waals surface area contributed by atoms with Gasteiger partial charge in [-0.25, -0.2) is 4.39 Å². The van der Waals surface area contributed by atoms with Crippen LogP contribution in [0, 0.1) is 11.2 Å². The molecular weight excluding hydrogens is 355 g/mol. The molecule has 8 heteroatoms. The Bertz CT molecular complexity index is 1000. The average Bonchev–Trinajstić information content (AvgIpc) is 3.26. The van der Waals surface area contributed by atoms with Crippen molar-refractivity contribution in [2.45, 2.75) is 13.3 Å². The predicted octanol–water partition coefficient (Wildman–Crippen LogP) is 4.11. The van der Waals surface area contributed by atoms with E-state index < -0.39 is 5.91 Å². The van der Waals surface area contributed by atoms with Crippen LogP contribution in [-0.4, -0.2) is 27.0 Å². The lowest BCUT2D eigenvalue weighted by Crippen LogP contribution is -2.35. The first-order valence-electron chi connectivity index (χ1n) is 7.90. The SMILES string of the molecule is CCC1=NN2C(=N)C(=Cc3ccc(-c4ccc(F)cc4)o3)C(=O)N=C2S1. The lowest BCUT2D eigenvalue weighted by atomic mass is 10.1. The number of carbonyl (C=O) groups excluding carboxylic acids is 1. The zero-order valence-corrected chi connectivity index (χ0v) is 14.5. The number of thioether (sulfide) groups is 1. The summed E-state index contributed by atoms with van der Waals surface area (Å²) in [7, 11) is 0. The molecule has 1 amide bonds. The minimum absolute atomic E-state index is 0.0318. The second-order valence-corrected chi connectivity index (χ2v) is 6.62. The summed E-state index contributed by atoms with van der Waals surface area (Å²) < 4.78 is 18.7. The zero-order chi connectivity index (χ0) is 18.3. The number of benzene rings is 1. The second kappa shape index (κ2) is 6.38. The standard InChI is InChI=1S/C18H13FN4O2S/c1-2-15-22-23-16(20)13(17(24)21-18(23)26-15)9-12-7-8-14(25-12)10-3-5-11(19)6-4-10/h3-9,20H,2H2,1H3. The van der Waals surface area contributed by atoms with Crippen molar-refractivity contribution in [2.75, 3.05) is 0 Å². The van der Waals surface area contributed by atoms with Crippen LogP contribution in [0.15, 0.2) is 56.5 Å². The van der Waals surface area contributed by atoms with Crippen LogP contribution in [-0.2, 0) is 4.79 Å². The number of nitrogens with one attached hydrogen (secondary N) is 1. The number of hydrogen-bond acceptors (Lipinski definition) is 5. The van der Waals surface area contributed by atoms with Crippen LogP contribution in [0.3, 0.4) is 0 Å². The van der Waals surface area contributed by atoms with Crippen molar-refractivity contribution < 1.29 is 13.6 Å². The Morgan fingerprint density at radius 2 is 2.04 bits per heavy atom. The first kappa shape index (κ1) is 16.5. The van der Waals surface area contributed by atoms with E-state index in [0.29, 0.717) is 23.1 Å². The van der Waals surface area contributed by atoms with Gasteiger partial charge in [-0.3, -0.25) is 10.2 Å². The van der Waals surface area contributed by atoms with E-state index in [1.165, 1.54) is 35.0 Å². The summed E-state index contributed by atoms with van der Waals surface area (Å²) in [5.74, 6) is 0.0891. The van der Waals surface area contributed by atoms with E-state index in [-0.39, 0.29) is 17.2 Å². The summed E-state index contributed by atoms with van der Waals surface area (Å²) in [6, 6.07) is 9.33. The summed E-state index contributed by atoms with van der Waals surface area (Å²) >= 11 is 1.30. The molecule has 1 aromatic carbocycles. The van der Waals surface area contributed by atoms with Crippen LogP contribution in [0.5, 0.6) is 0 Å². The third-order valence-corrected chi connectivity index (χ3v) is 4.89. The van der Waals surface area contributed by atoms with Crippen LogP contribution >= 0.6 is 11.8 Å². The fourth-order valence-corrected chi connectivity index (χ4v) is 3.34. The molecule has 0 bridgehead atoms. The first-order valence-corrected chi connectivity index (χ1v) is 8.71. The van der Waals surface area contributed by atoms with Crippen LogP contribution < -0.4 is 0 Å². The van der Waals surface area contributed by atoms with Gasteiger partial charge >= 0.3 is 0 Å². The fraction of sp³-hybridized carbons (Fsp3) is 0.111. The van der Waals surface area contributed by atoms with E-state index >= 15 is 0 Å². The molecule has 1 aromatic heterocycles. The Labute approximate surface area is 152 Å². The van der Waals surface area contributed by atoms with Crippen molar-refractivity contribution in [2.24, 2.45) is 10.1 Å². The topological polar surface area (TPSA) is 82.0 Å². The molecule has 0 aliphatic carbocycles. The molecule has 4 rings (SSSR count). The van der Waals surface area contributed by atoms with Crippen LogP contribution in [0.2, 0.25) is 0 Å². The number of nitrogens with zero attached hydrogens (tertiary/aromatic N) is 3. The Morgan fingerprint density at radius 1 is 1.27 bits per heavy atom. The van der Waals surface area contributed by atoms with E-state index in [1.54, 1.807) is 24.3 Å². The highest BCUT2D eigenvalue weighted by Crippen LogP contribution is 2.30. The summed E-state index contributed by atoms with van der Waals surface area (Å²) in [5, 5.41) is 15.1. The maximum absolute atomic E-state index is 13.0. The van der Waals surface area contributed by atoms with E-state index in [0.717, 1.165) is 10.6 Å². The average molecular weight is 368 g/mol. The number of halogens is 1. The van der Waals surface area contributed by atoms with Gasteiger partial charge in [0.15, 0.2) is 5.84 Å². The number of carbonyl (C=O) groups is 1. The monoisotopic (exact) mass is 368 g/mol. The van der Waals surface area contributed by atoms with Crippen molar-refractivity contribution >= 4 is 39.8 Å². The molecule has 130 valence electrons. The third-order valence-electron chi connectivity index (χ3n) is 3.84. The summed E-state index contributed by atoms with van der Waals surface area (Å²) in [4.78, 5) is 16.3. The lowest BCUT2D eigenvalue weighted by Gasteiger charge is -2.19. The van der Waals surface area contributed by atoms with Gasteiger partial charge in [-0.2, -0.15) is 15.1 Å². The Kier molecular flexibility index (Phi) is 4.04. The van der Waals surface area contributed by atoms with Crippen molar-refractivity contribution in [3.8, 4) is 11.3 Å². The van der Waals surface area contributed by atoms with Gasteiger partial charge in [0.1, 0.15) is 22.4 Å². The lowest BCUT2D eigenvalue weighted by molar-refractivity contribution is -0.114. The number of aliphatic imine (C=N–C) groups is 1. The van der Waals surface area contributed by atoms with Gasteiger partial charge in [0, 0.05) is 5.56 Å². The first-order chi connectivity index (χ1) is 12.5. The van der Waals surface area contributed by atoms with E-state index in [2.05, 4.69) is 10.1 Å². The van der Waals surface area contributed by atoms with Crippen molar-refractivity contribution in [3.63, 3.8) is 0 Å². The Hall–Kier alpha value is -3.00. The molecule has 0 saturated carbocycles. The molecule has 0 spiro atoms. The zero-order valence-electron chi connectivity index (χ0n) is 13.7. The van der Waals surface area contributed by atoms with Gasteiger partial charge in [-0.15, -0.1) is 0 Å². The van der Waals surface area contributed by atoms with Gasteiger partial charge in [0.2, 0.25) is 5.17 Å². The molecule has 0 fully saturated rings. The number of fused-ring (bicyclic) bond motifs is 1. The number of rotatable bonds is 3. The van der Waals surface area contributed by atoms with Crippen LogP contribution in [0.25, 0.3) is 17.4 Å². The summed E-state index contributed by atoms with van der Waals surface area (Å²) in [6.45, 7) is 1.95. The van der Waals surface area contributed by atoms with Gasteiger partial charge in [0.05, 0.1) is 5.57 Å². The molecule has 6 nitrogen and oxygen atoms in total. The molecule has 26 heavy (non-hydrogen) atoms. The van der Waals surface area contributed by atoms with Gasteiger partial charge < -0.3 is 4.42 Å². The number of amidine groups is 2. The number of hydrogen-bond donors (Lipinski definition) is 1. The Morgan fingerprint density at radius 3 is 2.77 bits per heavy atom. The quantitative estimate of drug-likeness (QED) is 0.827. The molecule has 2 aliphatic heterocycles. The number of furan rings is 1. The highest BCUT2D eigenvalue weighted by molar-refractivity contribution is 8.26. The highest BCUT2D eigenvalue weighted by Gasteiger charge is 2.35. The molecule has 1 N–H and O–H groups in total. The second-order valence-electron chi connectivity index (χ2n) is 5.58. The molecule has 0 saturated heterocycles. The Balaban J connectivity index is 1.65. The van der Waals surface area contributed by atoms with E-state index in [4.69, 9.17) is 9.83 Å². The smallest absolute Gasteiger partial charge is 0.283 e. The minimum Gasteiger partial charge on any atom is -0.457 e. The molecule has 0 radical (unpaired) electrons. The molecule has 2 aliphatic rings. The molecule has 0 unspecified atom stereocenters. The van der Waals surface area contributed by atoms with Gasteiger partial charge in [-0.05, 0) is 60.7 Å². The largest absolute Gasteiger partial charge is 0.457 e. The van der Waals surface area contributed by atoms with Crippen molar-refractivity contribution in [3.05, 3.63) is 53.5 Å². The minimum atomic E-state index is -0.499. The van der Waals surface area contributed by atoms with Gasteiger partial charge in [-0.1, -0.05) is 6.92 Å². The van der Waals surface area contributed by atoms with Crippen LogP contribution in [0.1, 0.15) is 19.1 Å². The molecule has 0 atom stereocenters. The number of hydrazone groups is 1. The maximum atomic E-state index is 13.0. The van der Waals surface area contributed by atoms with E-state index in [9.17, 15) is 9.18 Å². The fourth-order valence-electron chi connectivity index (χ4n) is 2.52. The molecule has 2 aromatic rings. The summed E-state index contributed by atoms with van der Waals surface area (Å²) in [6.07, 6.45) is 2.18. The molecule has 3 heterocycles. The highest BCUT2D eigenvalue weighted by atomic mass is 32.2. The summed E-state index contributed by atoms with van der Waals surface area (Å²) in [5.41, 5.74) is 0.824. The van der Waals surface area contributed by atoms with E-state index in [1.807, 2.05) is 6.92 Å². The van der Waals surface area contributed by atoms with Crippen LogP contribution in [0.4, 0.5) is 4.39 Å². The predicted molar refractivity (Wildman–Crippen MR) is 99.4 cm³/mol. The molecular formula is C18H13FN4O2S. The normalized spacial score (nSPS) is 18.2. The van der Waals surface area contributed by atoms with Crippen molar-refractivity contribution in [1.29, 1.82) is 5.41 Å². The maximum Gasteiger partial charge on any atom is 0.283 e. The van der Waals surface area contributed by atoms with Gasteiger partial charge in [0.25, 0.3) is 5.91 Å².